The highest BCUT2D eigenvalue weighted by molar-refractivity contribution is 5.94. The van der Waals surface area contributed by atoms with E-state index in [1.165, 1.54) is 21.9 Å². The summed E-state index contributed by atoms with van der Waals surface area (Å²) in [5.74, 6) is -2.15. The second-order valence-corrected chi connectivity index (χ2v) is 8.42. The van der Waals surface area contributed by atoms with Crippen molar-refractivity contribution in [2.24, 2.45) is 5.73 Å². The van der Waals surface area contributed by atoms with Crippen LogP contribution in [0.15, 0.2) is 24.3 Å². The fourth-order valence-electron chi connectivity index (χ4n) is 4.38. The van der Waals surface area contributed by atoms with E-state index in [0.717, 1.165) is 5.56 Å². The first-order valence-electron chi connectivity index (χ1n) is 10.9. The zero-order valence-electron chi connectivity index (χ0n) is 18.1. The van der Waals surface area contributed by atoms with E-state index in [9.17, 15) is 29.4 Å². The van der Waals surface area contributed by atoms with Crippen molar-refractivity contribution < 1.29 is 29.4 Å². The van der Waals surface area contributed by atoms with Gasteiger partial charge in [-0.2, -0.15) is 0 Å². The number of carboxylic acids is 1. The molecule has 10 nitrogen and oxygen atoms in total. The number of hydrogen-bond donors (Lipinski definition) is 4. The van der Waals surface area contributed by atoms with Gasteiger partial charge in [-0.05, 0) is 56.7 Å². The number of benzene rings is 1. The van der Waals surface area contributed by atoms with Crippen LogP contribution in [0.25, 0.3) is 0 Å². The summed E-state index contributed by atoms with van der Waals surface area (Å²) in [7, 11) is 0. The highest BCUT2D eigenvalue weighted by Gasteiger charge is 2.43. The zero-order chi connectivity index (χ0) is 23.4. The van der Waals surface area contributed by atoms with Crippen molar-refractivity contribution in [1.29, 1.82) is 0 Å². The number of carbonyl (C=O) groups is 4. The van der Waals surface area contributed by atoms with Gasteiger partial charge in [0.05, 0.1) is 6.04 Å². The Hall–Kier alpha value is -3.14. The van der Waals surface area contributed by atoms with Crippen LogP contribution in [-0.2, 0) is 25.6 Å². The number of phenolic OH excluding ortho intramolecular Hbond substituents is 1. The van der Waals surface area contributed by atoms with Crippen LogP contribution in [0.5, 0.6) is 5.75 Å². The minimum atomic E-state index is -1.03. The number of amides is 3. The van der Waals surface area contributed by atoms with Gasteiger partial charge in [-0.3, -0.25) is 14.4 Å². The lowest BCUT2D eigenvalue weighted by molar-refractivity contribution is -0.152. The van der Waals surface area contributed by atoms with Crippen LogP contribution in [0.3, 0.4) is 0 Å². The molecule has 174 valence electrons. The number of likely N-dealkylation sites (tertiary alicyclic amines) is 2. The summed E-state index contributed by atoms with van der Waals surface area (Å²) in [5, 5.41) is 21.3. The SMILES string of the molecule is C[C@H](NC(=O)[C@@H](N)Cc1ccc(O)cc1)C(=O)N1CCC[C@H]1C(=O)N1CCC[C@H]1C(=O)O. The van der Waals surface area contributed by atoms with Crippen LogP contribution in [0.1, 0.15) is 38.2 Å². The molecule has 10 heteroatoms. The summed E-state index contributed by atoms with van der Waals surface area (Å²) < 4.78 is 0. The number of nitrogens with one attached hydrogen (secondary N) is 1. The van der Waals surface area contributed by atoms with Crippen molar-refractivity contribution in [3.05, 3.63) is 29.8 Å². The van der Waals surface area contributed by atoms with Crippen LogP contribution in [-0.4, -0.2) is 81.0 Å². The topological polar surface area (TPSA) is 153 Å². The largest absolute Gasteiger partial charge is 0.508 e. The Kier molecular flexibility index (Phi) is 7.34. The molecular formula is C22H30N4O6. The second-order valence-electron chi connectivity index (χ2n) is 8.42. The molecule has 1 aromatic rings. The number of aromatic hydroxyl groups is 1. The molecule has 2 aliphatic heterocycles. The molecule has 1 aromatic carbocycles. The molecule has 2 saturated heterocycles. The van der Waals surface area contributed by atoms with Crippen molar-refractivity contribution in [1.82, 2.24) is 15.1 Å². The summed E-state index contributed by atoms with van der Waals surface area (Å²) in [5.41, 5.74) is 6.75. The molecule has 0 bridgehead atoms. The third-order valence-corrected chi connectivity index (χ3v) is 6.10. The standard InChI is InChI=1S/C22H30N4O6/c1-13(24-19(28)16(23)12-14-6-8-15(27)9-7-14)20(29)25-10-2-4-17(25)21(30)26-11-3-5-18(26)22(31)32/h6-9,13,16-18,27H,2-5,10-12,23H2,1H3,(H,24,28)(H,31,32)/t13-,16-,17-,18-/m0/s1. The molecule has 0 radical (unpaired) electrons. The van der Waals surface area contributed by atoms with Crippen molar-refractivity contribution in [2.45, 2.75) is 63.2 Å². The minimum absolute atomic E-state index is 0.115. The maximum absolute atomic E-state index is 13.0. The van der Waals surface area contributed by atoms with Gasteiger partial charge in [0, 0.05) is 13.1 Å². The molecule has 0 saturated carbocycles. The van der Waals surface area contributed by atoms with Crippen LogP contribution < -0.4 is 11.1 Å². The monoisotopic (exact) mass is 446 g/mol. The van der Waals surface area contributed by atoms with Gasteiger partial charge in [0.2, 0.25) is 17.7 Å². The Balaban J connectivity index is 1.59. The Bertz CT molecular complexity index is 874. The lowest BCUT2D eigenvalue weighted by Crippen LogP contribution is -2.56. The van der Waals surface area contributed by atoms with Crippen molar-refractivity contribution in [3.8, 4) is 5.75 Å². The van der Waals surface area contributed by atoms with Gasteiger partial charge in [0.15, 0.2) is 0 Å². The highest BCUT2D eigenvalue weighted by atomic mass is 16.4. The summed E-state index contributed by atoms with van der Waals surface area (Å²) in [4.78, 5) is 52.7. The molecule has 3 amide bonds. The Labute approximate surface area is 186 Å². The van der Waals surface area contributed by atoms with Gasteiger partial charge in [-0.15, -0.1) is 0 Å². The molecule has 3 rings (SSSR count). The fourth-order valence-corrected chi connectivity index (χ4v) is 4.38. The quantitative estimate of drug-likeness (QED) is 0.454. The van der Waals surface area contributed by atoms with Crippen LogP contribution >= 0.6 is 0 Å². The van der Waals surface area contributed by atoms with E-state index in [1.807, 2.05) is 0 Å². The maximum atomic E-state index is 13.0. The molecule has 0 aromatic heterocycles. The first kappa shape index (κ1) is 23.5. The van der Waals surface area contributed by atoms with Gasteiger partial charge in [0.1, 0.15) is 23.9 Å². The van der Waals surface area contributed by atoms with E-state index >= 15 is 0 Å². The molecule has 2 aliphatic rings. The average Bonchev–Trinajstić information content (AvgIpc) is 3.44. The Morgan fingerprint density at radius 3 is 2.28 bits per heavy atom. The Morgan fingerprint density at radius 1 is 1.06 bits per heavy atom. The highest BCUT2D eigenvalue weighted by Crippen LogP contribution is 2.25. The summed E-state index contributed by atoms with van der Waals surface area (Å²) in [6, 6.07) is 3.02. The smallest absolute Gasteiger partial charge is 0.326 e. The molecule has 5 N–H and O–H groups in total. The third-order valence-electron chi connectivity index (χ3n) is 6.10. The molecule has 2 heterocycles. The molecule has 32 heavy (non-hydrogen) atoms. The second kappa shape index (κ2) is 9.99. The van der Waals surface area contributed by atoms with Gasteiger partial charge in [0.25, 0.3) is 0 Å². The van der Waals surface area contributed by atoms with Crippen molar-refractivity contribution in [2.75, 3.05) is 13.1 Å². The van der Waals surface area contributed by atoms with Crippen molar-refractivity contribution in [3.63, 3.8) is 0 Å². The summed E-state index contributed by atoms with van der Waals surface area (Å²) >= 11 is 0. The van der Waals surface area contributed by atoms with Crippen LogP contribution in [0.2, 0.25) is 0 Å². The van der Waals surface area contributed by atoms with E-state index in [0.29, 0.717) is 38.8 Å². The summed E-state index contributed by atoms with van der Waals surface area (Å²) in [6.45, 7) is 2.29. The fraction of sp³-hybridized carbons (Fsp3) is 0.545. The van der Waals surface area contributed by atoms with Gasteiger partial charge in [-0.1, -0.05) is 12.1 Å². The third kappa shape index (κ3) is 5.18. The minimum Gasteiger partial charge on any atom is -0.508 e. The predicted octanol–water partition coefficient (Wildman–Crippen LogP) is -0.167. The van der Waals surface area contributed by atoms with Gasteiger partial charge >= 0.3 is 5.97 Å². The van der Waals surface area contributed by atoms with E-state index in [4.69, 9.17) is 5.73 Å². The number of carbonyl (C=O) groups excluding carboxylic acids is 3. The summed E-state index contributed by atoms with van der Waals surface area (Å²) in [6.07, 6.45) is 2.37. The number of nitrogens with zero attached hydrogens (tertiary/aromatic N) is 2. The van der Waals surface area contributed by atoms with E-state index in [-0.39, 0.29) is 18.1 Å². The zero-order valence-corrected chi connectivity index (χ0v) is 18.1. The number of hydrogen-bond acceptors (Lipinski definition) is 6. The first-order valence-corrected chi connectivity index (χ1v) is 10.9. The van der Waals surface area contributed by atoms with Gasteiger partial charge < -0.3 is 31.1 Å². The van der Waals surface area contributed by atoms with E-state index < -0.39 is 42.0 Å². The lowest BCUT2D eigenvalue weighted by Gasteiger charge is -2.31. The molecule has 4 atom stereocenters. The van der Waals surface area contributed by atoms with Crippen molar-refractivity contribution >= 4 is 23.7 Å². The number of carboxylic acid groups (broad SMARTS) is 1. The number of aliphatic carboxylic acids is 1. The molecular weight excluding hydrogens is 416 g/mol. The van der Waals surface area contributed by atoms with E-state index in [2.05, 4.69) is 5.32 Å². The molecule has 0 aliphatic carbocycles. The number of rotatable bonds is 7. The van der Waals surface area contributed by atoms with Crippen LogP contribution in [0, 0.1) is 0 Å². The Morgan fingerprint density at radius 2 is 1.66 bits per heavy atom. The molecule has 0 spiro atoms. The lowest BCUT2D eigenvalue weighted by atomic mass is 10.1. The predicted molar refractivity (Wildman–Crippen MR) is 114 cm³/mol. The normalized spacial score (nSPS) is 22.4. The first-order chi connectivity index (χ1) is 15.2. The van der Waals surface area contributed by atoms with E-state index in [1.54, 1.807) is 19.1 Å². The maximum Gasteiger partial charge on any atom is 0.326 e. The number of nitrogens with two attached hydrogens (primary N) is 1. The molecule has 2 fully saturated rings. The van der Waals surface area contributed by atoms with Crippen LogP contribution in [0.4, 0.5) is 0 Å². The average molecular weight is 447 g/mol. The molecule has 0 unspecified atom stereocenters. The number of phenols is 1. The van der Waals surface area contributed by atoms with Gasteiger partial charge in [-0.25, -0.2) is 4.79 Å².